The van der Waals surface area contributed by atoms with Crippen LogP contribution in [0.1, 0.15) is 17.0 Å². The number of benzene rings is 2. The highest BCUT2D eigenvalue weighted by Crippen LogP contribution is 2.21. The topological polar surface area (TPSA) is 111 Å². The Morgan fingerprint density at radius 2 is 1.81 bits per heavy atom. The number of nitrogens with zero attached hydrogens (tertiary/aromatic N) is 2. The minimum Gasteiger partial charge on any atom is -0.419 e. The minimum atomic E-state index is -3.65. The van der Waals surface area contributed by atoms with Crippen LogP contribution in [0.4, 0.5) is 0 Å². The first-order valence-electron chi connectivity index (χ1n) is 8.14. The predicted molar refractivity (Wildman–Crippen MR) is 97.7 cm³/mol. The van der Waals surface area contributed by atoms with Crippen LogP contribution in [0.25, 0.3) is 11.5 Å². The number of aromatic nitrogens is 2. The second kappa shape index (κ2) is 7.77. The first-order chi connectivity index (χ1) is 12.4. The number of nitrogens with two attached hydrogens (primary N) is 1. The van der Waals surface area contributed by atoms with Gasteiger partial charge >= 0.3 is 0 Å². The monoisotopic (exact) mass is 372 g/mol. The normalized spacial score (nSPS) is 11.6. The van der Waals surface area contributed by atoms with E-state index in [9.17, 15) is 8.42 Å². The standard InChI is InChI=1S/C18H20N4O3S/c1-13-4-2-3-5-16(13)18-22-21-17(25-18)12-20-11-10-14-6-8-15(9-7-14)26(19,23)24/h2-9,20H,10-12H2,1H3,(H2,19,23,24). The third-order valence-electron chi connectivity index (χ3n) is 3.96. The molecule has 3 aromatic rings. The molecule has 0 fully saturated rings. The average molecular weight is 372 g/mol. The highest BCUT2D eigenvalue weighted by molar-refractivity contribution is 7.89. The van der Waals surface area contributed by atoms with Gasteiger partial charge in [-0.2, -0.15) is 0 Å². The van der Waals surface area contributed by atoms with E-state index in [1.54, 1.807) is 12.1 Å². The summed E-state index contributed by atoms with van der Waals surface area (Å²) in [5.41, 5.74) is 3.02. The molecule has 0 aliphatic heterocycles. The molecule has 0 radical (unpaired) electrons. The zero-order chi connectivity index (χ0) is 18.6. The summed E-state index contributed by atoms with van der Waals surface area (Å²) in [5, 5.41) is 16.5. The van der Waals surface area contributed by atoms with Crippen LogP contribution in [0.5, 0.6) is 0 Å². The summed E-state index contributed by atoms with van der Waals surface area (Å²) in [7, 11) is -3.65. The molecule has 0 aliphatic rings. The third-order valence-corrected chi connectivity index (χ3v) is 4.89. The number of rotatable bonds is 7. The number of aryl methyl sites for hydroxylation is 1. The highest BCUT2D eigenvalue weighted by Gasteiger charge is 2.10. The van der Waals surface area contributed by atoms with Crippen LogP contribution in [0.2, 0.25) is 0 Å². The lowest BCUT2D eigenvalue weighted by Crippen LogP contribution is -2.17. The molecule has 0 saturated heterocycles. The summed E-state index contributed by atoms with van der Waals surface area (Å²) in [6.07, 6.45) is 0.740. The van der Waals surface area contributed by atoms with Crippen LogP contribution in [0.15, 0.2) is 57.8 Å². The smallest absolute Gasteiger partial charge is 0.248 e. The molecule has 1 heterocycles. The zero-order valence-corrected chi connectivity index (χ0v) is 15.2. The molecule has 2 aromatic carbocycles. The van der Waals surface area contributed by atoms with Crippen molar-refractivity contribution in [2.45, 2.75) is 24.8 Å². The van der Waals surface area contributed by atoms with Crippen molar-refractivity contribution < 1.29 is 12.8 Å². The second-order valence-electron chi connectivity index (χ2n) is 5.93. The van der Waals surface area contributed by atoms with Gasteiger partial charge in [0.1, 0.15) is 0 Å². The van der Waals surface area contributed by atoms with Gasteiger partial charge < -0.3 is 9.73 Å². The van der Waals surface area contributed by atoms with Crippen LogP contribution >= 0.6 is 0 Å². The van der Waals surface area contributed by atoms with Crippen LogP contribution in [-0.2, 0) is 23.0 Å². The number of hydrogen-bond acceptors (Lipinski definition) is 6. The number of primary sulfonamides is 1. The first-order valence-corrected chi connectivity index (χ1v) is 9.69. The second-order valence-corrected chi connectivity index (χ2v) is 7.49. The number of sulfonamides is 1. The van der Waals surface area contributed by atoms with Gasteiger partial charge in [-0.15, -0.1) is 10.2 Å². The van der Waals surface area contributed by atoms with E-state index in [0.717, 1.165) is 23.1 Å². The Hall–Kier alpha value is -2.55. The van der Waals surface area contributed by atoms with Gasteiger partial charge in [-0.1, -0.05) is 30.3 Å². The molecule has 7 nitrogen and oxygen atoms in total. The summed E-state index contributed by atoms with van der Waals surface area (Å²) >= 11 is 0. The molecule has 136 valence electrons. The van der Waals surface area contributed by atoms with Gasteiger partial charge in [0, 0.05) is 5.56 Å². The van der Waals surface area contributed by atoms with Crippen molar-refractivity contribution in [3.63, 3.8) is 0 Å². The summed E-state index contributed by atoms with van der Waals surface area (Å²) in [6.45, 7) is 3.16. The lowest BCUT2D eigenvalue weighted by atomic mass is 10.1. The van der Waals surface area contributed by atoms with Crippen molar-refractivity contribution in [1.29, 1.82) is 0 Å². The summed E-state index contributed by atoms with van der Waals surface area (Å²) in [4.78, 5) is 0.115. The van der Waals surface area contributed by atoms with Crippen LogP contribution in [-0.4, -0.2) is 25.2 Å². The molecular formula is C18H20N4O3S. The predicted octanol–water partition coefficient (Wildman–Crippen LogP) is 2.02. The van der Waals surface area contributed by atoms with Crippen molar-refractivity contribution in [2.75, 3.05) is 6.54 Å². The highest BCUT2D eigenvalue weighted by atomic mass is 32.2. The molecule has 0 aliphatic carbocycles. The molecule has 0 unspecified atom stereocenters. The van der Waals surface area contributed by atoms with E-state index >= 15 is 0 Å². The Labute approximate surface area is 152 Å². The summed E-state index contributed by atoms with van der Waals surface area (Å²) in [5.74, 6) is 1.03. The molecule has 26 heavy (non-hydrogen) atoms. The Kier molecular flexibility index (Phi) is 5.46. The van der Waals surface area contributed by atoms with Gasteiger partial charge in [0.2, 0.25) is 21.8 Å². The first kappa shape index (κ1) is 18.2. The third kappa shape index (κ3) is 4.54. The molecule has 0 amide bonds. The lowest BCUT2D eigenvalue weighted by molar-refractivity contribution is 0.478. The van der Waals surface area contributed by atoms with E-state index in [4.69, 9.17) is 9.56 Å². The summed E-state index contributed by atoms with van der Waals surface area (Å²) in [6, 6.07) is 14.4. The fourth-order valence-electron chi connectivity index (χ4n) is 2.52. The zero-order valence-electron chi connectivity index (χ0n) is 14.3. The molecule has 0 atom stereocenters. The maximum absolute atomic E-state index is 11.2. The van der Waals surface area contributed by atoms with E-state index < -0.39 is 10.0 Å². The molecule has 1 aromatic heterocycles. The molecular weight excluding hydrogens is 352 g/mol. The van der Waals surface area contributed by atoms with Gasteiger partial charge in [0.25, 0.3) is 0 Å². The fourth-order valence-corrected chi connectivity index (χ4v) is 3.04. The Balaban J connectivity index is 1.51. The van der Waals surface area contributed by atoms with E-state index in [-0.39, 0.29) is 4.90 Å². The molecule has 3 rings (SSSR count). The van der Waals surface area contributed by atoms with Crippen molar-refractivity contribution >= 4 is 10.0 Å². The van der Waals surface area contributed by atoms with E-state index in [1.807, 2.05) is 31.2 Å². The number of nitrogens with one attached hydrogen (secondary N) is 1. The van der Waals surface area contributed by atoms with Crippen LogP contribution in [0.3, 0.4) is 0 Å². The molecule has 0 bridgehead atoms. The fraction of sp³-hybridized carbons (Fsp3) is 0.222. The molecule has 0 spiro atoms. The Morgan fingerprint density at radius 1 is 1.08 bits per heavy atom. The SMILES string of the molecule is Cc1ccccc1-c1nnc(CNCCc2ccc(S(N)(=O)=O)cc2)o1. The Morgan fingerprint density at radius 3 is 2.50 bits per heavy atom. The van der Waals surface area contributed by atoms with Gasteiger partial charge in [-0.3, -0.25) is 0 Å². The van der Waals surface area contributed by atoms with Crippen molar-refractivity contribution in [3.05, 3.63) is 65.5 Å². The molecule has 8 heteroatoms. The van der Waals surface area contributed by atoms with Gasteiger partial charge in [-0.05, 0) is 49.2 Å². The molecule has 0 saturated carbocycles. The Bertz CT molecular complexity index is 982. The van der Waals surface area contributed by atoms with Crippen molar-refractivity contribution in [1.82, 2.24) is 15.5 Å². The van der Waals surface area contributed by atoms with E-state index in [0.29, 0.717) is 24.9 Å². The van der Waals surface area contributed by atoms with Crippen molar-refractivity contribution in [3.8, 4) is 11.5 Å². The quantitative estimate of drug-likeness (QED) is 0.614. The summed E-state index contributed by atoms with van der Waals surface area (Å²) < 4.78 is 28.1. The maximum atomic E-state index is 11.2. The lowest BCUT2D eigenvalue weighted by Gasteiger charge is -2.04. The van der Waals surface area contributed by atoms with Gasteiger partial charge in [0.15, 0.2) is 0 Å². The van der Waals surface area contributed by atoms with E-state index in [2.05, 4.69) is 15.5 Å². The van der Waals surface area contributed by atoms with Crippen LogP contribution < -0.4 is 10.5 Å². The van der Waals surface area contributed by atoms with Gasteiger partial charge in [0.05, 0.1) is 11.4 Å². The van der Waals surface area contributed by atoms with Crippen LogP contribution in [0, 0.1) is 6.92 Å². The maximum Gasteiger partial charge on any atom is 0.248 e. The molecule has 3 N–H and O–H groups in total. The average Bonchev–Trinajstić information content (AvgIpc) is 3.07. The van der Waals surface area contributed by atoms with Gasteiger partial charge in [-0.25, -0.2) is 13.6 Å². The minimum absolute atomic E-state index is 0.115. The van der Waals surface area contributed by atoms with Crippen molar-refractivity contribution in [2.24, 2.45) is 5.14 Å². The number of hydrogen-bond donors (Lipinski definition) is 2. The van der Waals surface area contributed by atoms with E-state index in [1.165, 1.54) is 12.1 Å². The largest absolute Gasteiger partial charge is 0.419 e.